The van der Waals surface area contributed by atoms with Crippen LogP contribution in [0.25, 0.3) is 0 Å². The summed E-state index contributed by atoms with van der Waals surface area (Å²) >= 11 is 0. The predicted octanol–water partition coefficient (Wildman–Crippen LogP) is 4.68. The fourth-order valence-corrected chi connectivity index (χ4v) is 4.21. The molecule has 1 heterocycles. The fraction of sp³-hybridized carbons (Fsp3) is 0.458. The second kappa shape index (κ2) is 9.63. The molecule has 1 aliphatic heterocycles. The van der Waals surface area contributed by atoms with Crippen LogP contribution in [0, 0.1) is 18.8 Å². The number of carbonyl (C=O) groups is 1. The number of para-hydroxylation sites is 1. The average molecular weight is 382 g/mol. The van der Waals surface area contributed by atoms with E-state index < -0.39 is 0 Å². The second-order valence-electron chi connectivity index (χ2n) is 7.74. The minimum absolute atomic E-state index is 0.0464. The number of rotatable bonds is 8. The number of piperidine rings is 1. The molecule has 1 aliphatic rings. The van der Waals surface area contributed by atoms with E-state index in [9.17, 15) is 4.79 Å². The van der Waals surface area contributed by atoms with Crippen LogP contribution in [0.5, 0.6) is 11.5 Å². The second-order valence-corrected chi connectivity index (χ2v) is 7.74. The van der Waals surface area contributed by atoms with Crippen LogP contribution in [-0.2, 0) is 11.2 Å². The highest BCUT2D eigenvalue weighted by molar-refractivity contribution is 5.56. The van der Waals surface area contributed by atoms with Gasteiger partial charge in [-0.15, -0.1) is 0 Å². The van der Waals surface area contributed by atoms with Gasteiger partial charge in [-0.25, -0.2) is 0 Å². The van der Waals surface area contributed by atoms with Crippen molar-refractivity contribution >= 4 is 12.0 Å². The quantitative estimate of drug-likeness (QED) is 0.623. The Morgan fingerprint density at radius 2 is 1.71 bits per heavy atom. The molecule has 1 saturated heterocycles. The van der Waals surface area contributed by atoms with Gasteiger partial charge in [0.15, 0.2) is 11.5 Å². The van der Waals surface area contributed by atoms with Crippen LogP contribution in [0.15, 0.2) is 42.5 Å². The maximum atomic E-state index is 11.8. The zero-order chi connectivity index (χ0) is 19.9. The van der Waals surface area contributed by atoms with E-state index >= 15 is 0 Å². The minimum atomic E-state index is 0.0464. The highest BCUT2D eigenvalue weighted by Gasteiger charge is 2.23. The van der Waals surface area contributed by atoms with Crippen LogP contribution in [0.2, 0.25) is 0 Å². The van der Waals surface area contributed by atoms with Crippen LogP contribution < -0.4 is 14.4 Å². The van der Waals surface area contributed by atoms with E-state index in [1.165, 1.54) is 5.69 Å². The molecule has 2 aromatic rings. The Balaban J connectivity index is 1.59. The lowest BCUT2D eigenvalue weighted by Crippen LogP contribution is -2.34. The average Bonchev–Trinajstić information content (AvgIpc) is 2.75. The maximum Gasteiger partial charge on any atom is 0.161 e. The van der Waals surface area contributed by atoms with E-state index in [-0.39, 0.29) is 5.92 Å². The van der Waals surface area contributed by atoms with Crippen molar-refractivity contribution in [1.29, 1.82) is 0 Å². The first-order valence-corrected chi connectivity index (χ1v) is 10.1. The number of aryl methyl sites for hydroxylation is 1. The Kier molecular flexibility index (Phi) is 6.96. The van der Waals surface area contributed by atoms with Crippen LogP contribution in [-0.4, -0.2) is 33.6 Å². The van der Waals surface area contributed by atoms with E-state index in [1.54, 1.807) is 14.2 Å². The van der Waals surface area contributed by atoms with Crippen molar-refractivity contribution in [3.05, 3.63) is 53.6 Å². The molecule has 3 rings (SSSR count). The van der Waals surface area contributed by atoms with Gasteiger partial charge in [0.05, 0.1) is 14.2 Å². The summed E-state index contributed by atoms with van der Waals surface area (Å²) in [6, 6.07) is 14.6. The molecule has 1 unspecified atom stereocenters. The monoisotopic (exact) mass is 381 g/mol. The van der Waals surface area contributed by atoms with Gasteiger partial charge in [-0.2, -0.15) is 0 Å². The van der Waals surface area contributed by atoms with E-state index in [0.29, 0.717) is 5.92 Å². The van der Waals surface area contributed by atoms with Crippen LogP contribution in [0.3, 0.4) is 0 Å². The normalized spacial score (nSPS) is 15.9. The lowest BCUT2D eigenvalue weighted by molar-refractivity contribution is -0.111. The molecule has 0 aromatic heterocycles. The van der Waals surface area contributed by atoms with Crippen molar-refractivity contribution in [2.45, 2.75) is 32.6 Å². The smallest absolute Gasteiger partial charge is 0.161 e. The highest BCUT2D eigenvalue weighted by atomic mass is 16.5. The number of benzene rings is 2. The first-order valence-electron chi connectivity index (χ1n) is 10.1. The lowest BCUT2D eigenvalue weighted by atomic mass is 9.84. The molecule has 2 aromatic carbocycles. The molecule has 0 saturated carbocycles. The number of carbonyl (C=O) groups excluding carboxylic acids is 1. The van der Waals surface area contributed by atoms with Gasteiger partial charge in [0.2, 0.25) is 0 Å². The van der Waals surface area contributed by atoms with Crippen molar-refractivity contribution in [3.8, 4) is 11.5 Å². The zero-order valence-electron chi connectivity index (χ0n) is 17.2. The minimum Gasteiger partial charge on any atom is -0.493 e. The topological polar surface area (TPSA) is 38.8 Å². The Morgan fingerprint density at radius 3 is 2.32 bits per heavy atom. The largest absolute Gasteiger partial charge is 0.493 e. The third kappa shape index (κ3) is 4.86. The molecular formula is C24H31NO3. The van der Waals surface area contributed by atoms with Crippen molar-refractivity contribution in [3.63, 3.8) is 0 Å². The molecule has 0 bridgehead atoms. The third-order valence-electron chi connectivity index (χ3n) is 5.89. The predicted molar refractivity (Wildman–Crippen MR) is 114 cm³/mol. The summed E-state index contributed by atoms with van der Waals surface area (Å²) in [5, 5.41) is 0. The summed E-state index contributed by atoms with van der Waals surface area (Å²) in [6.07, 6.45) is 5.14. The molecule has 0 amide bonds. The Bertz CT molecular complexity index is 767. The van der Waals surface area contributed by atoms with Gasteiger partial charge < -0.3 is 19.2 Å². The van der Waals surface area contributed by atoms with Crippen molar-refractivity contribution in [2.75, 3.05) is 32.2 Å². The Morgan fingerprint density at radius 1 is 1.07 bits per heavy atom. The van der Waals surface area contributed by atoms with Gasteiger partial charge in [0.1, 0.15) is 6.29 Å². The molecular weight excluding hydrogens is 350 g/mol. The van der Waals surface area contributed by atoms with E-state index in [4.69, 9.17) is 9.47 Å². The number of methoxy groups -OCH3 is 2. The van der Waals surface area contributed by atoms with E-state index in [0.717, 1.165) is 67.7 Å². The van der Waals surface area contributed by atoms with Crippen molar-refractivity contribution in [1.82, 2.24) is 0 Å². The van der Waals surface area contributed by atoms with Crippen molar-refractivity contribution < 1.29 is 14.3 Å². The molecule has 4 heteroatoms. The summed E-state index contributed by atoms with van der Waals surface area (Å²) < 4.78 is 10.8. The first-order chi connectivity index (χ1) is 13.6. The molecule has 1 fully saturated rings. The number of aldehydes is 1. The number of hydrogen-bond acceptors (Lipinski definition) is 4. The molecule has 0 radical (unpaired) electrons. The third-order valence-corrected chi connectivity index (χ3v) is 5.89. The Hall–Kier alpha value is -2.49. The van der Waals surface area contributed by atoms with Gasteiger partial charge in [0.25, 0.3) is 0 Å². The summed E-state index contributed by atoms with van der Waals surface area (Å²) in [5.74, 6) is 2.12. The van der Waals surface area contributed by atoms with E-state index in [2.05, 4.69) is 42.2 Å². The summed E-state index contributed by atoms with van der Waals surface area (Å²) in [6.45, 7) is 4.20. The standard InChI is InChI=1S/C24H31NO3/c1-18-13-23(27-2)24(28-3)16-21(18)15-20(17-26)14-19-9-11-25(12-10-19)22-7-5-4-6-8-22/h4-8,13,16-17,19-20H,9-12,14-15H2,1-3H3. The van der Waals surface area contributed by atoms with Crippen LogP contribution >= 0.6 is 0 Å². The molecule has 0 aliphatic carbocycles. The zero-order valence-corrected chi connectivity index (χ0v) is 17.2. The molecule has 1 atom stereocenters. The summed E-state index contributed by atoms with van der Waals surface area (Å²) in [7, 11) is 3.29. The maximum absolute atomic E-state index is 11.8. The van der Waals surface area contributed by atoms with Gasteiger partial charge >= 0.3 is 0 Å². The number of nitrogens with zero attached hydrogens (tertiary/aromatic N) is 1. The van der Waals surface area contributed by atoms with Gasteiger partial charge in [-0.3, -0.25) is 0 Å². The number of anilines is 1. The highest BCUT2D eigenvalue weighted by Crippen LogP contribution is 2.33. The number of ether oxygens (including phenoxy) is 2. The summed E-state index contributed by atoms with van der Waals surface area (Å²) in [4.78, 5) is 14.2. The van der Waals surface area contributed by atoms with Gasteiger partial charge in [0, 0.05) is 24.7 Å². The SMILES string of the molecule is COc1cc(C)c(CC(C=O)CC2CCN(c3ccccc3)CC2)cc1OC. The lowest BCUT2D eigenvalue weighted by Gasteiger charge is -2.34. The molecule has 4 nitrogen and oxygen atoms in total. The first kappa shape index (κ1) is 20.2. The molecule has 28 heavy (non-hydrogen) atoms. The number of hydrogen-bond donors (Lipinski definition) is 0. The van der Waals surface area contributed by atoms with E-state index in [1.807, 2.05) is 12.1 Å². The molecule has 0 N–H and O–H groups in total. The van der Waals surface area contributed by atoms with Gasteiger partial charge in [-0.1, -0.05) is 18.2 Å². The molecule has 0 spiro atoms. The molecule has 150 valence electrons. The summed E-state index contributed by atoms with van der Waals surface area (Å²) in [5.41, 5.74) is 3.61. The Labute approximate surface area is 168 Å². The van der Waals surface area contributed by atoms with Crippen LogP contribution in [0.1, 0.15) is 30.4 Å². The van der Waals surface area contributed by atoms with Gasteiger partial charge in [-0.05, 0) is 73.9 Å². The van der Waals surface area contributed by atoms with Crippen molar-refractivity contribution in [2.24, 2.45) is 11.8 Å². The van der Waals surface area contributed by atoms with Crippen LogP contribution in [0.4, 0.5) is 5.69 Å². The fourth-order valence-electron chi connectivity index (χ4n) is 4.21.